The van der Waals surface area contributed by atoms with E-state index in [1.807, 2.05) is 7.05 Å². The van der Waals surface area contributed by atoms with Crippen LogP contribution in [-0.2, 0) is 19.1 Å². The van der Waals surface area contributed by atoms with Crippen molar-refractivity contribution < 1.29 is 19.1 Å². The standard InChI is InChI=1S/C9H15NO4/c1-10-4-2-8(3-5-10)9(12)14-7-13-6-11/h6,8H,2-5,7H2,1H3. The van der Waals surface area contributed by atoms with Gasteiger partial charge >= 0.3 is 5.97 Å². The number of carbonyl (C=O) groups is 2. The molecular formula is C9H15NO4. The summed E-state index contributed by atoms with van der Waals surface area (Å²) in [5, 5.41) is 0. The van der Waals surface area contributed by atoms with Gasteiger partial charge in [-0.15, -0.1) is 0 Å². The predicted molar refractivity (Wildman–Crippen MR) is 48.3 cm³/mol. The summed E-state index contributed by atoms with van der Waals surface area (Å²) >= 11 is 0. The number of hydrogen-bond donors (Lipinski definition) is 0. The highest BCUT2D eigenvalue weighted by atomic mass is 16.7. The van der Waals surface area contributed by atoms with Crippen LogP contribution in [0.5, 0.6) is 0 Å². The van der Waals surface area contributed by atoms with Gasteiger partial charge in [0.1, 0.15) is 0 Å². The zero-order valence-corrected chi connectivity index (χ0v) is 8.27. The molecule has 5 nitrogen and oxygen atoms in total. The first-order chi connectivity index (χ1) is 6.74. The van der Waals surface area contributed by atoms with Crippen LogP contribution in [0, 0.1) is 5.92 Å². The highest BCUT2D eigenvalue weighted by molar-refractivity contribution is 5.72. The van der Waals surface area contributed by atoms with Crippen molar-refractivity contribution in [3.63, 3.8) is 0 Å². The molecule has 0 radical (unpaired) electrons. The minimum absolute atomic E-state index is 0.0403. The largest absolute Gasteiger partial charge is 0.430 e. The molecule has 0 aromatic rings. The second kappa shape index (κ2) is 5.59. The predicted octanol–water partition coefficient (Wildman–Crippen LogP) is 0.00190. The van der Waals surface area contributed by atoms with Crippen molar-refractivity contribution in [2.24, 2.45) is 5.92 Å². The molecule has 0 atom stereocenters. The number of carbonyl (C=O) groups excluding carboxylic acids is 2. The number of piperidine rings is 1. The summed E-state index contributed by atoms with van der Waals surface area (Å²) in [6, 6.07) is 0. The molecule has 0 aromatic carbocycles. The summed E-state index contributed by atoms with van der Waals surface area (Å²) in [6.07, 6.45) is 1.63. The van der Waals surface area contributed by atoms with E-state index in [0.717, 1.165) is 25.9 Å². The number of esters is 1. The Kier molecular flexibility index (Phi) is 4.39. The Morgan fingerprint density at radius 1 is 1.50 bits per heavy atom. The fourth-order valence-corrected chi connectivity index (χ4v) is 1.48. The molecule has 1 aliphatic rings. The summed E-state index contributed by atoms with van der Waals surface area (Å²) in [5.41, 5.74) is 0. The van der Waals surface area contributed by atoms with E-state index < -0.39 is 0 Å². The molecule has 14 heavy (non-hydrogen) atoms. The lowest BCUT2D eigenvalue weighted by molar-refractivity contribution is -0.165. The smallest absolute Gasteiger partial charge is 0.311 e. The maximum absolute atomic E-state index is 11.3. The summed E-state index contributed by atoms with van der Waals surface area (Å²) in [4.78, 5) is 23.3. The summed E-state index contributed by atoms with van der Waals surface area (Å²) in [5.74, 6) is -0.304. The first-order valence-corrected chi connectivity index (χ1v) is 4.64. The molecular weight excluding hydrogens is 186 g/mol. The van der Waals surface area contributed by atoms with Gasteiger partial charge in [-0.1, -0.05) is 0 Å². The zero-order chi connectivity index (χ0) is 10.4. The van der Waals surface area contributed by atoms with Crippen molar-refractivity contribution in [3.05, 3.63) is 0 Å². The molecule has 0 unspecified atom stereocenters. The molecule has 0 saturated carbocycles. The second-order valence-corrected chi connectivity index (χ2v) is 3.42. The minimum Gasteiger partial charge on any atom is -0.430 e. The Hall–Kier alpha value is -1.10. The normalized spacial score (nSPS) is 18.9. The molecule has 0 aliphatic carbocycles. The Labute approximate surface area is 83.0 Å². The summed E-state index contributed by atoms with van der Waals surface area (Å²) in [7, 11) is 2.02. The lowest BCUT2D eigenvalue weighted by atomic mass is 9.97. The van der Waals surface area contributed by atoms with Gasteiger partial charge in [-0.25, -0.2) is 0 Å². The van der Waals surface area contributed by atoms with E-state index in [1.54, 1.807) is 0 Å². The topological polar surface area (TPSA) is 55.8 Å². The number of nitrogens with zero attached hydrogens (tertiary/aromatic N) is 1. The molecule has 0 bridgehead atoms. The monoisotopic (exact) mass is 201 g/mol. The van der Waals surface area contributed by atoms with Gasteiger partial charge in [0.05, 0.1) is 5.92 Å². The molecule has 0 N–H and O–H groups in total. The van der Waals surface area contributed by atoms with Crippen LogP contribution in [0.1, 0.15) is 12.8 Å². The van der Waals surface area contributed by atoms with Crippen molar-refractivity contribution in [2.45, 2.75) is 12.8 Å². The van der Waals surface area contributed by atoms with Gasteiger partial charge in [-0.2, -0.15) is 0 Å². The number of hydrogen-bond acceptors (Lipinski definition) is 5. The van der Waals surface area contributed by atoms with Gasteiger partial charge in [-0.05, 0) is 33.0 Å². The Morgan fingerprint density at radius 2 is 2.14 bits per heavy atom. The zero-order valence-electron chi connectivity index (χ0n) is 8.27. The van der Waals surface area contributed by atoms with Crippen molar-refractivity contribution in [1.29, 1.82) is 0 Å². The average molecular weight is 201 g/mol. The van der Waals surface area contributed by atoms with Gasteiger partial charge in [-0.3, -0.25) is 9.59 Å². The molecule has 5 heteroatoms. The molecule has 1 rings (SSSR count). The van der Waals surface area contributed by atoms with Crippen LogP contribution >= 0.6 is 0 Å². The SMILES string of the molecule is CN1CCC(C(=O)OCOC=O)CC1. The van der Waals surface area contributed by atoms with Crippen LogP contribution in [0.3, 0.4) is 0 Å². The maximum Gasteiger partial charge on any atom is 0.311 e. The van der Waals surface area contributed by atoms with Crippen molar-refractivity contribution >= 4 is 12.4 Å². The van der Waals surface area contributed by atoms with Crippen molar-refractivity contribution in [3.8, 4) is 0 Å². The van der Waals surface area contributed by atoms with Crippen LogP contribution in [0.4, 0.5) is 0 Å². The molecule has 1 fully saturated rings. The van der Waals surface area contributed by atoms with E-state index in [2.05, 4.69) is 9.64 Å². The number of ether oxygens (including phenoxy) is 2. The van der Waals surface area contributed by atoms with E-state index in [0.29, 0.717) is 0 Å². The Morgan fingerprint density at radius 3 is 2.71 bits per heavy atom. The molecule has 1 heterocycles. The van der Waals surface area contributed by atoms with Crippen LogP contribution in [0.15, 0.2) is 0 Å². The number of rotatable bonds is 4. The third-order valence-electron chi connectivity index (χ3n) is 2.39. The number of likely N-dealkylation sites (tertiary alicyclic amines) is 1. The highest BCUT2D eigenvalue weighted by Gasteiger charge is 2.24. The van der Waals surface area contributed by atoms with Gasteiger partial charge in [0.25, 0.3) is 6.47 Å². The third kappa shape index (κ3) is 3.33. The van der Waals surface area contributed by atoms with Gasteiger partial charge in [0, 0.05) is 0 Å². The molecule has 0 spiro atoms. The summed E-state index contributed by atoms with van der Waals surface area (Å²) < 4.78 is 9.03. The van der Waals surface area contributed by atoms with Crippen LogP contribution in [0.25, 0.3) is 0 Å². The molecule has 1 saturated heterocycles. The van der Waals surface area contributed by atoms with Crippen LogP contribution < -0.4 is 0 Å². The lowest BCUT2D eigenvalue weighted by Gasteiger charge is -2.27. The van der Waals surface area contributed by atoms with Gasteiger partial charge < -0.3 is 14.4 Å². The van der Waals surface area contributed by atoms with E-state index in [9.17, 15) is 9.59 Å². The van der Waals surface area contributed by atoms with Crippen molar-refractivity contribution in [1.82, 2.24) is 4.90 Å². The average Bonchev–Trinajstić information content (AvgIpc) is 2.19. The van der Waals surface area contributed by atoms with Crippen LogP contribution in [0.2, 0.25) is 0 Å². The first-order valence-electron chi connectivity index (χ1n) is 4.64. The third-order valence-corrected chi connectivity index (χ3v) is 2.39. The second-order valence-electron chi connectivity index (χ2n) is 3.42. The minimum atomic E-state index is -0.269. The Balaban J connectivity index is 2.20. The van der Waals surface area contributed by atoms with E-state index in [4.69, 9.17) is 4.74 Å². The lowest BCUT2D eigenvalue weighted by Crippen LogP contribution is -2.34. The van der Waals surface area contributed by atoms with Gasteiger partial charge in [0.2, 0.25) is 6.79 Å². The van der Waals surface area contributed by atoms with Gasteiger partial charge in [0.15, 0.2) is 0 Å². The fraction of sp³-hybridized carbons (Fsp3) is 0.778. The van der Waals surface area contributed by atoms with E-state index in [1.165, 1.54) is 0 Å². The molecule has 0 aromatic heterocycles. The first kappa shape index (κ1) is 11.0. The van der Waals surface area contributed by atoms with Crippen molar-refractivity contribution in [2.75, 3.05) is 26.9 Å². The fourth-order valence-electron chi connectivity index (χ4n) is 1.48. The molecule has 1 aliphatic heterocycles. The maximum atomic E-state index is 11.3. The van der Waals surface area contributed by atoms with Crippen LogP contribution in [-0.4, -0.2) is 44.3 Å². The van der Waals surface area contributed by atoms with E-state index in [-0.39, 0.29) is 25.2 Å². The summed E-state index contributed by atoms with van der Waals surface area (Å²) in [6.45, 7) is 1.82. The molecule has 0 amide bonds. The quantitative estimate of drug-likeness (QED) is 0.277. The van der Waals surface area contributed by atoms with E-state index >= 15 is 0 Å². The molecule has 80 valence electrons. The highest BCUT2D eigenvalue weighted by Crippen LogP contribution is 2.17. The Bertz CT molecular complexity index is 199.